The summed E-state index contributed by atoms with van der Waals surface area (Å²) in [6.45, 7) is 5.45. The zero-order valence-corrected chi connectivity index (χ0v) is 13.5. The molecule has 0 spiro atoms. The molecule has 0 aliphatic carbocycles. The van der Waals surface area contributed by atoms with Gasteiger partial charge in [-0.15, -0.1) is 0 Å². The molecule has 1 aromatic heterocycles. The van der Waals surface area contributed by atoms with E-state index in [1.165, 1.54) is 0 Å². The van der Waals surface area contributed by atoms with Crippen molar-refractivity contribution in [1.29, 1.82) is 0 Å². The number of carbonyl (C=O) groups excluding carboxylic acids is 1. The molecule has 2 aromatic rings. The van der Waals surface area contributed by atoms with E-state index >= 15 is 0 Å². The largest absolute Gasteiger partial charge is 0.444 e. The minimum absolute atomic E-state index is 0.491. The Morgan fingerprint density at radius 2 is 2.00 bits per heavy atom. The molecule has 0 saturated carbocycles. The van der Waals surface area contributed by atoms with E-state index in [0.717, 1.165) is 11.3 Å². The number of nitrogen functional groups attached to an aromatic ring is 1. The second kappa shape index (κ2) is 6.96. The van der Waals surface area contributed by atoms with Crippen LogP contribution in [0.4, 0.5) is 16.2 Å². The molecule has 3 N–H and O–H groups in total. The summed E-state index contributed by atoms with van der Waals surface area (Å²) in [4.78, 5) is 16.0. The maximum absolute atomic E-state index is 11.8. The monoisotopic (exact) mass is 311 g/mol. The van der Waals surface area contributed by atoms with Crippen molar-refractivity contribution in [2.75, 3.05) is 11.1 Å². The van der Waals surface area contributed by atoms with Crippen molar-refractivity contribution >= 4 is 29.6 Å². The number of nitrogens with two attached hydrogens (primary N) is 1. The van der Waals surface area contributed by atoms with Gasteiger partial charge in [-0.2, -0.15) is 0 Å². The van der Waals surface area contributed by atoms with E-state index in [-0.39, 0.29) is 0 Å². The number of carbonyl (C=O) groups is 1. The molecule has 2 rings (SSSR count). The minimum Gasteiger partial charge on any atom is -0.444 e. The fourth-order valence-corrected chi connectivity index (χ4v) is 1.88. The highest BCUT2D eigenvalue weighted by Crippen LogP contribution is 2.15. The molecule has 23 heavy (non-hydrogen) atoms. The van der Waals surface area contributed by atoms with Crippen molar-refractivity contribution in [1.82, 2.24) is 4.98 Å². The Balaban J connectivity index is 2.06. The van der Waals surface area contributed by atoms with Crippen molar-refractivity contribution in [3.8, 4) is 0 Å². The lowest BCUT2D eigenvalue weighted by atomic mass is 10.1. The van der Waals surface area contributed by atoms with E-state index in [4.69, 9.17) is 10.5 Å². The molecule has 1 heterocycles. The number of hydrogen-bond acceptors (Lipinski definition) is 4. The maximum Gasteiger partial charge on any atom is 0.412 e. The van der Waals surface area contributed by atoms with Crippen molar-refractivity contribution in [3.63, 3.8) is 0 Å². The van der Waals surface area contributed by atoms with Crippen molar-refractivity contribution in [2.24, 2.45) is 0 Å². The zero-order chi connectivity index (χ0) is 16.9. The highest BCUT2D eigenvalue weighted by Gasteiger charge is 2.16. The first kappa shape index (κ1) is 16.5. The fraction of sp³-hybridized carbons (Fsp3) is 0.222. The van der Waals surface area contributed by atoms with Crippen molar-refractivity contribution < 1.29 is 9.53 Å². The number of benzene rings is 1. The molecule has 0 saturated heterocycles. The first-order valence-electron chi connectivity index (χ1n) is 7.31. The van der Waals surface area contributed by atoms with Crippen molar-refractivity contribution in [3.05, 3.63) is 53.9 Å². The van der Waals surface area contributed by atoms with Crippen LogP contribution in [-0.4, -0.2) is 16.7 Å². The summed E-state index contributed by atoms with van der Waals surface area (Å²) in [5.74, 6) is 0. The molecule has 0 radical (unpaired) electrons. The Labute approximate surface area is 136 Å². The van der Waals surface area contributed by atoms with Crippen LogP contribution in [0.25, 0.3) is 12.2 Å². The molecule has 0 fully saturated rings. The summed E-state index contributed by atoms with van der Waals surface area (Å²) in [5, 5.41) is 2.69. The van der Waals surface area contributed by atoms with Gasteiger partial charge in [0.15, 0.2) is 0 Å². The predicted molar refractivity (Wildman–Crippen MR) is 93.9 cm³/mol. The number of nitrogens with zero attached hydrogens (tertiary/aromatic N) is 1. The smallest absolute Gasteiger partial charge is 0.412 e. The molecule has 120 valence electrons. The molecule has 0 bridgehead atoms. The van der Waals surface area contributed by atoms with Crippen LogP contribution in [0.5, 0.6) is 0 Å². The van der Waals surface area contributed by atoms with Gasteiger partial charge in [-0.05, 0) is 56.7 Å². The summed E-state index contributed by atoms with van der Waals surface area (Å²) < 4.78 is 5.22. The van der Waals surface area contributed by atoms with Crippen LogP contribution in [0.15, 0.2) is 42.6 Å². The number of nitrogens with one attached hydrogen (secondary N) is 1. The van der Waals surface area contributed by atoms with E-state index in [1.807, 2.05) is 57.2 Å². The van der Waals surface area contributed by atoms with Gasteiger partial charge in [0.2, 0.25) is 0 Å². The highest BCUT2D eigenvalue weighted by molar-refractivity contribution is 5.85. The normalized spacial score (nSPS) is 11.4. The quantitative estimate of drug-likeness (QED) is 0.834. The van der Waals surface area contributed by atoms with Gasteiger partial charge in [0.1, 0.15) is 5.60 Å². The predicted octanol–water partition coefficient (Wildman–Crippen LogP) is 4.18. The average Bonchev–Trinajstić information content (AvgIpc) is 2.43. The lowest BCUT2D eigenvalue weighted by molar-refractivity contribution is 0.0636. The van der Waals surface area contributed by atoms with Gasteiger partial charge in [-0.3, -0.25) is 10.3 Å². The summed E-state index contributed by atoms with van der Waals surface area (Å²) in [7, 11) is 0. The van der Waals surface area contributed by atoms with E-state index in [1.54, 1.807) is 18.3 Å². The Bertz CT molecular complexity index is 718. The van der Waals surface area contributed by atoms with Gasteiger partial charge < -0.3 is 10.5 Å². The number of amides is 1. The third kappa shape index (κ3) is 5.82. The van der Waals surface area contributed by atoms with Crippen LogP contribution in [0.2, 0.25) is 0 Å². The van der Waals surface area contributed by atoms with E-state index in [9.17, 15) is 4.79 Å². The van der Waals surface area contributed by atoms with Crippen LogP contribution in [-0.2, 0) is 4.74 Å². The fourth-order valence-electron chi connectivity index (χ4n) is 1.88. The number of hydrogen-bond donors (Lipinski definition) is 2. The first-order chi connectivity index (χ1) is 10.8. The number of aromatic nitrogens is 1. The minimum atomic E-state index is -0.535. The molecule has 5 nitrogen and oxygen atoms in total. The number of rotatable bonds is 3. The van der Waals surface area contributed by atoms with E-state index in [2.05, 4.69) is 10.3 Å². The van der Waals surface area contributed by atoms with Crippen LogP contribution in [0.1, 0.15) is 32.0 Å². The third-order valence-corrected chi connectivity index (χ3v) is 2.78. The van der Waals surface area contributed by atoms with Crippen LogP contribution >= 0.6 is 0 Å². The summed E-state index contributed by atoms with van der Waals surface area (Å²) in [6.07, 6.45) is 4.91. The van der Waals surface area contributed by atoms with Gasteiger partial charge in [-0.25, -0.2) is 4.79 Å². The molecule has 1 amide bonds. The van der Waals surface area contributed by atoms with E-state index < -0.39 is 11.7 Å². The Morgan fingerprint density at radius 1 is 1.22 bits per heavy atom. The van der Waals surface area contributed by atoms with Crippen LogP contribution in [0, 0.1) is 0 Å². The van der Waals surface area contributed by atoms with Gasteiger partial charge in [-0.1, -0.05) is 18.2 Å². The maximum atomic E-state index is 11.8. The summed E-state index contributed by atoms with van der Waals surface area (Å²) in [6, 6.07) is 11.0. The van der Waals surface area contributed by atoms with Gasteiger partial charge in [0.05, 0.1) is 5.69 Å². The van der Waals surface area contributed by atoms with Crippen LogP contribution in [0.3, 0.4) is 0 Å². The molecule has 0 atom stereocenters. The molecule has 0 unspecified atom stereocenters. The van der Waals surface area contributed by atoms with Crippen molar-refractivity contribution in [2.45, 2.75) is 26.4 Å². The van der Waals surface area contributed by atoms with E-state index in [0.29, 0.717) is 11.4 Å². The first-order valence-corrected chi connectivity index (χ1v) is 7.31. The van der Waals surface area contributed by atoms with Crippen LogP contribution < -0.4 is 11.1 Å². The van der Waals surface area contributed by atoms with Gasteiger partial charge in [0.25, 0.3) is 0 Å². The lowest BCUT2D eigenvalue weighted by Gasteiger charge is -2.19. The third-order valence-electron chi connectivity index (χ3n) is 2.78. The highest BCUT2D eigenvalue weighted by atomic mass is 16.6. The molecular weight excluding hydrogens is 290 g/mol. The standard InChI is InChI=1S/C18H21N3O2/c1-18(2,3)23-17(22)21-16-9-10-20-15(12-16)8-7-13-5-4-6-14(19)11-13/h4-12H,19H2,1-3H3,(H,20,21,22). The summed E-state index contributed by atoms with van der Waals surface area (Å²) >= 11 is 0. The second-order valence-electron chi connectivity index (χ2n) is 6.10. The molecule has 0 aliphatic heterocycles. The molecule has 0 aliphatic rings. The SMILES string of the molecule is CC(C)(C)OC(=O)Nc1ccnc(C=Cc2cccc(N)c2)c1. The Kier molecular flexibility index (Phi) is 5.01. The molecule has 1 aromatic carbocycles. The number of anilines is 2. The van der Waals surface area contributed by atoms with Gasteiger partial charge in [0, 0.05) is 17.6 Å². The van der Waals surface area contributed by atoms with Gasteiger partial charge >= 0.3 is 6.09 Å². The zero-order valence-electron chi connectivity index (χ0n) is 13.5. The second-order valence-corrected chi connectivity index (χ2v) is 6.10. The Hall–Kier alpha value is -2.82. The Morgan fingerprint density at radius 3 is 2.70 bits per heavy atom. The summed E-state index contributed by atoms with van der Waals surface area (Å²) in [5.41, 5.74) is 8.25. The molecular formula is C18H21N3O2. The number of ether oxygens (including phenoxy) is 1. The topological polar surface area (TPSA) is 77.2 Å². The average molecular weight is 311 g/mol. The molecule has 5 heteroatoms. The number of pyridine rings is 1. The lowest BCUT2D eigenvalue weighted by Crippen LogP contribution is -2.27.